The van der Waals surface area contributed by atoms with Crippen molar-refractivity contribution in [3.05, 3.63) is 24.3 Å². The minimum Gasteiger partial charge on any atom is -0.423 e. The summed E-state index contributed by atoms with van der Waals surface area (Å²) in [5.41, 5.74) is 1.61. The maximum absolute atomic E-state index is 12.4. The molecule has 1 atom stereocenters. The topological polar surface area (TPSA) is 61.6 Å². The van der Waals surface area contributed by atoms with E-state index in [-0.39, 0.29) is 5.92 Å². The molecule has 4 rings (SSSR count). The van der Waals surface area contributed by atoms with Crippen molar-refractivity contribution in [2.75, 3.05) is 37.6 Å². The molecule has 2 fully saturated rings. The molecule has 0 spiro atoms. The number of alkyl halides is 3. The lowest BCUT2D eigenvalue weighted by atomic mass is 9.93. The quantitative estimate of drug-likeness (QED) is 0.839. The van der Waals surface area contributed by atoms with Crippen molar-refractivity contribution in [2.24, 2.45) is 5.92 Å². The number of rotatable bonds is 4. The molecule has 2 aliphatic heterocycles. The Balaban J connectivity index is 1.30. The largest absolute Gasteiger partial charge is 0.423 e. The number of aromatic nitrogens is 1. The van der Waals surface area contributed by atoms with E-state index in [9.17, 15) is 18.0 Å². The van der Waals surface area contributed by atoms with Crippen LogP contribution >= 0.6 is 0 Å². The van der Waals surface area contributed by atoms with E-state index in [1.54, 1.807) is 0 Å². The molecular weight excluding hydrogens is 385 g/mol. The summed E-state index contributed by atoms with van der Waals surface area (Å²) in [6, 6.07) is 8.63. The Morgan fingerprint density at radius 1 is 1.17 bits per heavy atom. The first-order chi connectivity index (χ1) is 13.9. The standard InChI is InChI=1S/C20H25F3N4O2/c21-20(22,23)13-24-18(28)14-4-3-9-27(12-14)15-7-10-26(11-8-15)19-25-16-5-1-2-6-17(16)29-19/h1-2,5-6,14-15H,3-4,7-13H2,(H,24,28)/t14-/m1/s1. The second-order valence-corrected chi connectivity index (χ2v) is 7.85. The molecule has 29 heavy (non-hydrogen) atoms. The SMILES string of the molecule is O=C(NCC(F)(F)F)[C@@H]1CCCN(C2CCN(c3nc4ccccc4o3)CC2)C1. The molecular formula is C20H25F3N4O2. The maximum Gasteiger partial charge on any atom is 0.405 e. The van der Waals surface area contributed by atoms with E-state index in [0.717, 1.165) is 50.0 Å². The number of piperidine rings is 2. The molecule has 9 heteroatoms. The number of fused-ring (bicyclic) bond motifs is 1. The summed E-state index contributed by atoms with van der Waals surface area (Å²) in [4.78, 5) is 21.1. The lowest BCUT2D eigenvalue weighted by molar-refractivity contribution is -0.142. The highest BCUT2D eigenvalue weighted by Gasteiger charge is 2.34. The van der Waals surface area contributed by atoms with Crippen LogP contribution in [0.15, 0.2) is 28.7 Å². The van der Waals surface area contributed by atoms with Gasteiger partial charge < -0.3 is 14.6 Å². The summed E-state index contributed by atoms with van der Waals surface area (Å²) in [5, 5.41) is 2.04. The highest BCUT2D eigenvalue weighted by Crippen LogP contribution is 2.28. The van der Waals surface area contributed by atoms with E-state index in [1.165, 1.54) is 0 Å². The molecule has 2 aromatic rings. The average molecular weight is 410 g/mol. The zero-order valence-electron chi connectivity index (χ0n) is 16.1. The second-order valence-electron chi connectivity index (χ2n) is 7.85. The van der Waals surface area contributed by atoms with Crippen LogP contribution in [-0.4, -0.2) is 60.7 Å². The van der Waals surface area contributed by atoms with Gasteiger partial charge in [0.15, 0.2) is 5.58 Å². The Morgan fingerprint density at radius 3 is 2.66 bits per heavy atom. The number of benzene rings is 1. The van der Waals surface area contributed by atoms with Crippen LogP contribution in [0.4, 0.5) is 19.2 Å². The predicted molar refractivity (Wildman–Crippen MR) is 103 cm³/mol. The van der Waals surface area contributed by atoms with Crippen LogP contribution in [0, 0.1) is 5.92 Å². The summed E-state index contributed by atoms with van der Waals surface area (Å²) in [6.07, 6.45) is -1.08. The number of hydrogen-bond acceptors (Lipinski definition) is 5. The Hall–Kier alpha value is -2.29. The number of nitrogens with zero attached hydrogens (tertiary/aromatic N) is 3. The number of carbonyl (C=O) groups is 1. The van der Waals surface area contributed by atoms with Crippen LogP contribution < -0.4 is 10.2 Å². The third-order valence-electron chi connectivity index (χ3n) is 5.82. The van der Waals surface area contributed by atoms with E-state index in [1.807, 2.05) is 29.6 Å². The van der Waals surface area contributed by atoms with Gasteiger partial charge in [0.05, 0.1) is 5.92 Å². The molecule has 0 bridgehead atoms. The lowest BCUT2D eigenvalue weighted by Gasteiger charge is -2.41. The third kappa shape index (κ3) is 4.83. The number of hydrogen-bond donors (Lipinski definition) is 1. The second kappa shape index (κ2) is 8.22. The van der Waals surface area contributed by atoms with Crippen molar-refractivity contribution >= 4 is 23.0 Å². The van der Waals surface area contributed by atoms with Crippen molar-refractivity contribution in [3.8, 4) is 0 Å². The summed E-state index contributed by atoms with van der Waals surface area (Å²) in [7, 11) is 0. The van der Waals surface area contributed by atoms with Gasteiger partial charge in [0.2, 0.25) is 5.91 Å². The zero-order chi connectivity index (χ0) is 20.4. The first-order valence-corrected chi connectivity index (χ1v) is 10.1. The van der Waals surface area contributed by atoms with E-state index >= 15 is 0 Å². The van der Waals surface area contributed by atoms with Gasteiger partial charge in [-0.1, -0.05) is 12.1 Å². The van der Waals surface area contributed by atoms with Crippen molar-refractivity contribution in [1.29, 1.82) is 0 Å². The number of anilines is 1. The van der Waals surface area contributed by atoms with Gasteiger partial charge in [-0.2, -0.15) is 18.2 Å². The molecule has 0 saturated carbocycles. The fraction of sp³-hybridized carbons (Fsp3) is 0.600. The number of carbonyl (C=O) groups excluding carboxylic acids is 1. The molecule has 2 aliphatic rings. The molecule has 1 N–H and O–H groups in total. The first kappa shape index (κ1) is 20.0. The summed E-state index contributed by atoms with van der Waals surface area (Å²) in [6.45, 7) is 1.76. The molecule has 0 aliphatic carbocycles. The maximum atomic E-state index is 12.4. The molecule has 158 valence electrons. The van der Waals surface area contributed by atoms with E-state index in [4.69, 9.17) is 4.42 Å². The minimum absolute atomic E-state index is 0.328. The van der Waals surface area contributed by atoms with E-state index in [2.05, 4.69) is 14.8 Å². The number of likely N-dealkylation sites (tertiary alicyclic amines) is 1. The van der Waals surface area contributed by atoms with Crippen molar-refractivity contribution in [2.45, 2.75) is 37.9 Å². The minimum atomic E-state index is -4.37. The van der Waals surface area contributed by atoms with Gasteiger partial charge in [0, 0.05) is 25.7 Å². The number of nitrogens with one attached hydrogen (secondary N) is 1. The molecule has 0 unspecified atom stereocenters. The van der Waals surface area contributed by atoms with Gasteiger partial charge >= 0.3 is 6.18 Å². The molecule has 0 radical (unpaired) electrons. The number of para-hydroxylation sites is 2. The fourth-order valence-electron chi connectivity index (χ4n) is 4.30. The molecule has 1 aromatic heterocycles. The van der Waals surface area contributed by atoms with Gasteiger partial charge in [0.1, 0.15) is 12.1 Å². The summed E-state index contributed by atoms with van der Waals surface area (Å²) in [5.74, 6) is -0.864. The number of oxazole rings is 1. The van der Waals surface area contributed by atoms with Crippen molar-refractivity contribution in [3.63, 3.8) is 0 Å². The summed E-state index contributed by atoms with van der Waals surface area (Å²) < 4.78 is 42.9. The average Bonchev–Trinajstić information content (AvgIpc) is 3.16. The van der Waals surface area contributed by atoms with Crippen molar-refractivity contribution in [1.82, 2.24) is 15.2 Å². The fourth-order valence-corrected chi connectivity index (χ4v) is 4.30. The lowest BCUT2D eigenvalue weighted by Crippen LogP contribution is -2.51. The van der Waals surface area contributed by atoms with Crippen LogP contribution in [0.2, 0.25) is 0 Å². The van der Waals surface area contributed by atoms with Crippen LogP contribution in [0.25, 0.3) is 11.1 Å². The third-order valence-corrected chi connectivity index (χ3v) is 5.82. The molecule has 6 nitrogen and oxygen atoms in total. The predicted octanol–water partition coefficient (Wildman–Crippen LogP) is 3.19. The van der Waals surface area contributed by atoms with Gasteiger partial charge in [0.25, 0.3) is 6.01 Å². The molecule has 1 aromatic carbocycles. The van der Waals surface area contributed by atoms with E-state index < -0.39 is 18.6 Å². The van der Waals surface area contributed by atoms with Gasteiger partial charge in [-0.05, 0) is 44.4 Å². The number of halogens is 3. The molecule has 3 heterocycles. The Morgan fingerprint density at radius 2 is 1.93 bits per heavy atom. The van der Waals surface area contributed by atoms with Crippen LogP contribution in [0.5, 0.6) is 0 Å². The van der Waals surface area contributed by atoms with Crippen LogP contribution in [0.3, 0.4) is 0 Å². The Labute approximate surface area is 167 Å². The van der Waals surface area contributed by atoms with Gasteiger partial charge in [-0.3, -0.25) is 9.69 Å². The Bertz CT molecular complexity index is 813. The highest BCUT2D eigenvalue weighted by molar-refractivity contribution is 5.79. The van der Waals surface area contributed by atoms with Crippen molar-refractivity contribution < 1.29 is 22.4 Å². The Kier molecular flexibility index (Phi) is 5.67. The zero-order valence-corrected chi connectivity index (χ0v) is 16.1. The van der Waals surface area contributed by atoms with Crippen LogP contribution in [-0.2, 0) is 4.79 Å². The highest BCUT2D eigenvalue weighted by atomic mass is 19.4. The normalized spacial score (nSPS) is 22.2. The molecule has 1 amide bonds. The van der Waals surface area contributed by atoms with E-state index in [0.29, 0.717) is 25.0 Å². The molecule has 2 saturated heterocycles. The smallest absolute Gasteiger partial charge is 0.405 e. The van der Waals surface area contributed by atoms with Gasteiger partial charge in [-0.25, -0.2) is 0 Å². The van der Waals surface area contributed by atoms with Gasteiger partial charge in [-0.15, -0.1) is 0 Å². The monoisotopic (exact) mass is 410 g/mol. The summed E-state index contributed by atoms with van der Waals surface area (Å²) >= 11 is 0. The van der Waals surface area contributed by atoms with Crippen LogP contribution in [0.1, 0.15) is 25.7 Å². The first-order valence-electron chi connectivity index (χ1n) is 10.1. The number of amides is 1.